The van der Waals surface area contributed by atoms with Gasteiger partial charge in [0, 0.05) is 6.04 Å². The summed E-state index contributed by atoms with van der Waals surface area (Å²) in [5.41, 5.74) is 5.54. The highest BCUT2D eigenvalue weighted by atomic mass is 35.5. The summed E-state index contributed by atoms with van der Waals surface area (Å²) in [4.78, 5) is 7.97. The highest BCUT2D eigenvalue weighted by Gasteiger charge is 2.14. The van der Waals surface area contributed by atoms with Crippen molar-refractivity contribution < 1.29 is 0 Å². The van der Waals surface area contributed by atoms with Gasteiger partial charge >= 0.3 is 0 Å². The summed E-state index contributed by atoms with van der Waals surface area (Å²) in [5.74, 6) is 0.932. The van der Waals surface area contributed by atoms with Gasteiger partial charge in [0.2, 0.25) is 5.95 Å². The van der Waals surface area contributed by atoms with Crippen LogP contribution < -0.4 is 11.1 Å². The second-order valence-corrected chi connectivity index (χ2v) is 4.66. The first-order valence-corrected chi connectivity index (χ1v) is 6.18. The summed E-state index contributed by atoms with van der Waals surface area (Å²) < 4.78 is 0. The van der Waals surface area contributed by atoms with Crippen LogP contribution in [-0.2, 0) is 0 Å². The molecule has 1 aliphatic carbocycles. The van der Waals surface area contributed by atoms with Crippen molar-refractivity contribution in [2.45, 2.75) is 44.6 Å². The lowest BCUT2D eigenvalue weighted by molar-refractivity contribution is 0.617. The molecule has 1 aromatic heterocycles. The zero-order valence-corrected chi connectivity index (χ0v) is 10.0. The number of nitrogens with zero attached hydrogens (tertiary/aromatic N) is 2. The third kappa shape index (κ3) is 2.98. The second kappa shape index (κ2) is 5.34. The van der Waals surface area contributed by atoms with Gasteiger partial charge in [-0.25, -0.2) is 4.98 Å². The number of anilines is 2. The molecule has 88 valence electrons. The van der Waals surface area contributed by atoms with Crippen LogP contribution in [0, 0.1) is 0 Å². The van der Waals surface area contributed by atoms with E-state index >= 15 is 0 Å². The molecule has 2 rings (SSSR count). The van der Waals surface area contributed by atoms with Crippen LogP contribution in [0.1, 0.15) is 38.5 Å². The molecular weight excluding hydrogens is 224 g/mol. The Morgan fingerprint density at radius 2 is 1.94 bits per heavy atom. The van der Waals surface area contributed by atoms with Gasteiger partial charge in [-0.15, -0.1) is 0 Å². The molecule has 0 aliphatic heterocycles. The van der Waals surface area contributed by atoms with E-state index in [0.717, 1.165) is 0 Å². The van der Waals surface area contributed by atoms with Gasteiger partial charge in [-0.3, -0.25) is 0 Å². The van der Waals surface area contributed by atoms with E-state index in [9.17, 15) is 0 Å². The maximum Gasteiger partial charge on any atom is 0.222 e. The van der Waals surface area contributed by atoms with E-state index in [2.05, 4.69) is 15.3 Å². The standard InChI is InChI=1S/C11H17ClN4/c12-9-7-14-11(13)16-10(9)15-8-5-3-1-2-4-6-8/h7-8H,1-6H2,(H3,13,14,15,16). The quantitative estimate of drug-likeness (QED) is 0.781. The molecule has 16 heavy (non-hydrogen) atoms. The molecule has 0 spiro atoms. The van der Waals surface area contributed by atoms with Crippen molar-refractivity contribution in [2.75, 3.05) is 11.1 Å². The van der Waals surface area contributed by atoms with Gasteiger partial charge in [-0.2, -0.15) is 4.98 Å². The van der Waals surface area contributed by atoms with Crippen LogP contribution in [-0.4, -0.2) is 16.0 Å². The summed E-state index contributed by atoms with van der Waals surface area (Å²) in [6.07, 6.45) is 9.12. The molecule has 0 saturated heterocycles. The van der Waals surface area contributed by atoms with Crippen LogP contribution in [0.3, 0.4) is 0 Å². The Morgan fingerprint density at radius 1 is 1.25 bits per heavy atom. The number of hydrogen-bond acceptors (Lipinski definition) is 4. The fourth-order valence-electron chi connectivity index (χ4n) is 2.10. The van der Waals surface area contributed by atoms with Crippen LogP contribution in [0.4, 0.5) is 11.8 Å². The van der Waals surface area contributed by atoms with E-state index in [1.807, 2.05) is 0 Å². The number of nitrogen functional groups attached to an aromatic ring is 1. The van der Waals surface area contributed by atoms with Crippen molar-refractivity contribution >= 4 is 23.4 Å². The summed E-state index contributed by atoms with van der Waals surface area (Å²) in [6.45, 7) is 0. The molecule has 3 N–H and O–H groups in total. The van der Waals surface area contributed by atoms with Crippen LogP contribution in [0.2, 0.25) is 5.02 Å². The fourth-order valence-corrected chi connectivity index (χ4v) is 2.24. The Labute approximate surface area is 101 Å². The predicted molar refractivity (Wildman–Crippen MR) is 66.6 cm³/mol. The van der Waals surface area contributed by atoms with Crippen LogP contribution in [0.15, 0.2) is 6.20 Å². The van der Waals surface area contributed by atoms with E-state index in [0.29, 0.717) is 16.9 Å². The molecule has 4 nitrogen and oxygen atoms in total. The Morgan fingerprint density at radius 3 is 2.62 bits per heavy atom. The van der Waals surface area contributed by atoms with E-state index in [-0.39, 0.29) is 5.95 Å². The summed E-state index contributed by atoms with van der Waals surface area (Å²) >= 11 is 6.01. The number of hydrogen-bond donors (Lipinski definition) is 2. The highest BCUT2D eigenvalue weighted by Crippen LogP contribution is 2.24. The van der Waals surface area contributed by atoms with Gasteiger partial charge in [0.15, 0.2) is 5.82 Å². The molecular formula is C11H17ClN4. The Kier molecular flexibility index (Phi) is 3.83. The maximum atomic E-state index is 6.01. The number of rotatable bonds is 2. The predicted octanol–water partition coefficient (Wildman–Crippen LogP) is 2.85. The molecule has 1 aliphatic rings. The first-order chi connectivity index (χ1) is 7.75. The van der Waals surface area contributed by atoms with E-state index in [1.165, 1.54) is 38.5 Å². The largest absolute Gasteiger partial charge is 0.368 e. The number of halogens is 1. The molecule has 1 fully saturated rings. The molecule has 1 saturated carbocycles. The first kappa shape index (κ1) is 11.5. The Bertz CT molecular complexity index is 348. The minimum absolute atomic E-state index is 0.264. The molecule has 0 radical (unpaired) electrons. The van der Waals surface area contributed by atoms with Gasteiger partial charge in [-0.1, -0.05) is 37.3 Å². The smallest absolute Gasteiger partial charge is 0.222 e. The molecule has 0 aromatic carbocycles. The normalized spacial score (nSPS) is 18.1. The third-order valence-corrected chi connectivity index (χ3v) is 3.24. The van der Waals surface area contributed by atoms with Gasteiger partial charge in [0.1, 0.15) is 5.02 Å². The second-order valence-electron chi connectivity index (χ2n) is 4.26. The highest BCUT2D eigenvalue weighted by molar-refractivity contribution is 6.32. The first-order valence-electron chi connectivity index (χ1n) is 5.80. The lowest BCUT2D eigenvalue weighted by Gasteiger charge is -2.17. The average molecular weight is 241 g/mol. The fraction of sp³-hybridized carbons (Fsp3) is 0.636. The lowest BCUT2D eigenvalue weighted by atomic mass is 10.1. The molecule has 1 aromatic rings. The van der Waals surface area contributed by atoms with Crippen molar-refractivity contribution in [3.8, 4) is 0 Å². The van der Waals surface area contributed by atoms with Crippen molar-refractivity contribution in [1.82, 2.24) is 9.97 Å². The molecule has 1 heterocycles. The topological polar surface area (TPSA) is 63.8 Å². The summed E-state index contributed by atoms with van der Waals surface area (Å²) in [7, 11) is 0. The molecule has 0 unspecified atom stereocenters. The van der Waals surface area contributed by atoms with Crippen LogP contribution in [0.25, 0.3) is 0 Å². The van der Waals surface area contributed by atoms with Gasteiger partial charge in [-0.05, 0) is 12.8 Å². The molecule has 0 atom stereocenters. The average Bonchev–Trinajstić information content (AvgIpc) is 2.52. The number of aromatic nitrogens is 2. The lowest BCUT2D eigenvalue weighted by Crippen LogP contribution is -2.19. The Balaban J connectivity index is 2.04. The zero-order valence-electron chi connectivity index (χ0n) is 9.25. The van der Waals surface area contributed by atoms with Gasteiger partial charge < -0.3 is 11.1 Å². The van der Waals surface area contributed by atoms with Crippen molar-refractivity contribution in [3.05, 3.63) is 11.2 Å². The van der Waals surface area contributed by atoms with Crippen molar-refractivity contribution in [1.29, 1.82) is 0 Å². The zero-order chi connectivity index (χ0) is 11.4. The van der Waals surface area contributed by atoms with Crippen LogP contribution >= 0.6 is 11.6 Å². The maximum absolute atomic E-state index is 6.01. The Hall–Kier alpha value is -1.03. The molecule has 0 bridgehead atoms. The van der Waals surface area contributed by atoms with Crippen molar-refractivity contribution in [2.24, 2.45) is 0 Å². The van der Waals surface area contributed by atoms with Crippen LogP contribution in [0.5, 0.6) is 0 Å². The number of nitrogens with two attached hydrogens (primary N) is 1. The van der Waals surface area contributed by atoms with E-state index in [1.54, 1.807) is 6.20 Å². The minimum atomic E-state index is 0.264. The monoisotopic (exact) mass is 240 g/mol. The van der Waals surface area contributed by atoms with Gasteiger partial charge in [0.05, 0.1) is 6.20 Å². The van der Waals surface area contributed by atoms with Crippen molar-refractivity contribution in [3.63, 3.8) is 0 Å². The minimum Gasteiger partial charge on any atom is -0.368 e. The number of nitrogens with one attached hydrogen (secondary N) is 1. The van der Waals surface area contributed by atoms with Gasteiger partial charge in [0.25, 0.3) is 0 Å². The molecule has 0 amide bonds. The SMILES string of the molecule is Nc1ncc(Cl)c(NC2CCCCCC2)n1. The van der Waals surface area contributed by atoms with E-state index in [4.69, 9.17) is 17.3 Å². The summed E-state index contributed by atoms with van der Waals surface area (Å²) in [6, 6.07) is 0.467. The summed E-state index contributed by atoms with van der Waals surface area (Å²) in [5, 5.41) is 3.91. The molecule has 5 heteroatoms. The van der Waals surface area contributed by atoms with E-state index < -0.39 is 0 Å². The third-order valence-electron chi connectivity index (χ3n) is 2.96.